The summed E-state index contributed by atoms with van der Waals surface area (Å²) in [6.07, 6.45) is 3.12. The summed E-state index contributed by atoms with van der Waals surface area (Å²) in [5.41, 5.74) is 2.50. The van der Waals surface area contributed by atoms with Crippen LogP contribution in [0.5, 0.6) is 0 Å². The molecular weight excluding hydrogens is 302 g/mol. The van der Waals surface area contributed by atoms with E-state index in [-0.39, 0.29) is 12.1 Å². The molecular formula is C15H21N3O3S. The number of hydrogen-bond acceptors (Lipinski definition) is 3. The number of urea groups is 1. The average molecular weight is 323 g/mol. The zero-order valence-electron chi connectivity index (χ0n) is 12.7. The Bertz CT molecular complexity index is 666. The second-order valence-corrected chi connectivity index (χ2v) is 7.87. The molecule has 0 unspecified atom stereocenters. The highest BCUT2D eigenvalue weighted by atomic mass is 32.2. The number of benzene rings is 1. The van der Waals surface area contributed by atoms with E-state index in [1.165, 1.54) is 21.7 Å². The molecule has 2 amide bonds. The second-order valence-electron chi connectivity index (χ2n) is 5.89. The lowest BCUT2D eigenvalue weighted by molar-refractivity contribution is 0.169. The zero-order chi connectivity index (χ0) is 15.7. The van der Waals surface area contributed by atoms with Crippen LogP contribution >= 0.6 is 0 Å². The molecule has 0 bridgehead atoms. The number of hydrogen-bond donors (Lipinski definition) is 1. The largest absolute Gasteiger partial charge is 0.331 e. The minimum absolute atomic E-state index is 0.0663. The van der Waals surface area contributed by atoms with Crippen molar-refractivity contribution in [3.63, 3.8) is 0 Å². The van der Waals surface area contributed by atoms with Gasteiger partial charge >= 0.3 is 6.03 Å². The van der Waals surface area contributed by atoms with Gasteiger partial charge in [0.05, 0.1) is 12.3 Å². The minimum atomic E-state index is -3.16. The van der Waals surface area contributed by atoms with Gasteiger partial charge in [-0.3, -0.25) is 0 Å². The molecule has 0 aromatic heterocycles. The van der Waals surface area contributed by atoms with E-state index in [0.29, 0.717) is 26.2 Å². The maximum Gasteiger partial charge on any atom is 0.317 e. The van der Waals surface area contributed by atoms with Gasteiger partial charge in [0.1, 0.15) is 0 Å². The van der Waals surface area contributed by atoms with Gasteiger partial charge in [-0.15, -0.1) is 0 Å². The zero-order valence-corrected chi connectivity index (χ0v) is 13.5. The topological polar surface area (TPSA) is 69.7 Å². The first-order chi connectivity index (χ1) is 10.4. The minimum Gasteiger partial charge on any atom is -0.331 e. The molecule has 0 spiro atoms. The van der Waals surface area contributed by atoms with E-state index < -0.39 is 10.0 Å². The average Bonchev–Trinajstić information content (AvgIpc) is 2.90. The highest BCUT2D eigenvalue weighted by Gasteiger charge is 2.29. The van der Waals surface area contributed by atoms with Crippen molar-refractivity contribution in [3.8, 4) is 0 Å². The lowest BCUT2D eigenvalue weighted by Crippen LogP contribution is -2.53. The number of rotatable bonds is 2. The number of carbonyl (C=O) groups excluding carboxylic acids is 1. The molecule has 1 aliphatic heterocycles. The first-order valence-electron chi connectivity index (χ1n) is 7.53. The first kappa shape index (κ1) is 15.3. The quantitative estimate of drug-likeness (QED) is 0.881. The van der Waals surface area contributed by atoms with Crippen molar-refractivity contribution in [1.29, 1.82) is 0 Å². The van der Waals surface area contributed by atoms with Crippen LogP contribution in [0.25, 0.3) is 0 Å². The molecule has 3 rings (SSSR count). The molecule has 1 N–H and O–H groups in total. The van der Waals surface area contributed by atoms with Crippen LogP contribution in [0.15, 0.2) is 24.3 Å². The molecule has 120 valence electrons. The SMILES string of the molecule is CS(=O)(=O)N1CCN(C(=O)N[C@@H]2CCc3ccccc32)CC1. The van der Waals surface area contributed by atoms with Gasteiger partial charge in [0.25, 0.3) is 0 Å². The van der Waals surface area contributed by atoms with Crippen LogP contribution in [0.3, 0.4) is 0 Å². The summed E-state index contributed by atoms with van der Waals surface area (Å²) in [4.78, 5) is 14.1. The van der Waals surface area contributed by atoms with Crippen LogP contribution in [0.2, 0.25) is 0 Å². The van der Waals surface area contributed by atoms with Gasteiger partial charge < -0.3 is 10.2 Å². The van der Waals surface area contributed by atoms with Crippen LogP contribution in [0.1, 0.15) is 23.6 Å². The summed E-state index contributed by atoms with van der Waals surface area (Å²) in [7, 11) is -3.16. The molecule has 1 heterocycles. The van der Waals surface area contributed by atoms with Gasteiger partial charge in [0, 0.05) is 26.2 Å². The van der Waals surface area contributed by atoms with Crippen molar-refractivity contribution in [1.82, 2.24) is 14.5 Å². The Hall–Kier alpha value is -1.60. The predicted molar refractivity (Wildman–Crippen MR) is 84.0 cm³/mol. The third-order valence-corrected chi connectivity index (χ3v) is 5.73. The lowest BCUT2D eigenvalue weighted by atomic mass is 10.1. The predicted octanol–water partition coefficient (Wildman–Crippen LogP) is 0.961. The molecule has 1 aromatic carbocycles. The number of amides is 2. The Kier molecular flexibility index (Phi) is 4.10. The standard InChI is InChI=1S/C15H21N3O3S/c1-22(20,21)18-10-8-17(9-11-18)15(19)16-14-7-6-12-4-2-3-5-13(12)14/h2-5,14H,6-11H2,1H3,(H,16,19)/t14-/m1/s1. The lowest BCUT2D eigenvalue weighted by Gasteiger charge is -2.34. The number of aryl methyl sites for hydroxylation is 1. The van der Waals surface area contributed by atoms with Gasteiger partial charge in [-0.2, -0.15) is 4.31 Å². The van der Waals surface area contributed by atoms with Crippen LogP contribution < -0.4 is 5.32 Å². The molecule has 6 nitrogen and oxygen atoms in total. The summed E-state index contributed by atoms with van der Waals surface area (Å²) in [6, 6.07) is 8.15. The molecule has 1 fully saturated rings. The maximum atomic E-state index is 12.4. The Morgan fingerprint density at radius 1 is 1.18 bits per heavy atom. The number of carbonyl (C=O) groups is 1. The van der Waals surface area contributed by atoms with Crippen LogP contribution in [-0.2, 0) is 16.4 Å². The summed E-state index contributed by atoms with van der Waals surface area (Å²) >= 11 is 0. The molecule has 1 aromatic rings. The van der Waals surface area contributed by atoms with E-state index >= 15 is 0 Å². The molecule has 1 saturated heterocycles. The summed E-state index contributed by atoms with van der Waals surface area (Å²) in [5, 5.41) is 3.08. The molecule has 1 atom stereocenters. The van der Waals surface area contributed by atoms with Crippen molar-refractivity contribution in [2.24, 2.45) is 0 Å². The fourth-order valence-corrected chi connectivity index (χ4v) is 4.00. The van der Waals surface area contributed by atoms with Crippen molar-refractivity contribution < 1.29 is 13.2 Å². The van der Waals surface area contributed by atoms with Crippen molar-refractivity contribution in [2.45, 2.75) is 18.9 Å². The van der Waals surface area contributed by atoms with Gasteiger partial charge in [-0.25, -0.2) is 13.2 Å². The first-order valence-corrected chi connectivity index (χ1v) is 9.38. The second kappa shape index (κ2) is 5.89. The fraction of sp³-hybridized carbons (Fsp3) is 0.533. The van der Waals surface area contributed by atoms with E-state index in [9.17, 15) is 13.2 Å². The smallest absolute Gasteiger partial charge is 0.317 e. The van der Waals surface area contributed by atoms with Crippen LogP contribution in [0, 0.1) is 0 Å². The third-order valence-electron chi connectivity index (χ3n) is 4.43. The van der Waals surface area contributed by atoms with Gasteiger partial charge in [0.2, 0.25) is 10.0 Å². The molecule has 2 aliphatic rings. The molecule has 0 saturated carbocycles. The van der Waals surface area contributed by atoms with E-state index in [4.69, 9.17) is 0 Å². The van der Waals surface area contributed by atoms with Gasteiger partial charge in [-0.05, 0) is 24.0 Å². The van der Waals surface area contributed by atoms with Crippen LogP contribution in [0.4, 0.5) is 4.79 Å². The van der Waals surface area contributed by atoms with Crippen molar-refractivity contribution in [2.75, 3.05) is 32.4 Å². The fourth-order valence-electron chi connectivity index (χ4n) is 3.17. The summed E-state index contributed by atoms with van der Waals surface area (Å²) in [5.74, 6) is 0. The Morgan fingerprint density at radius 3 is 2.55 bits per heavy atom. The van der Waals surface area contributed by atoms with Crippen molar-refractivity contribution >= 4 is 16.1 Å². The van der Waals surface area contributed by atoms with Crippen molar-refractivity contribution in [3.05, 3.63) is 35.4 Å². The Balaban J connectivity index is 1.58. The number of nitrogens with one attached hydrogen (secondary N) is 1. The van der Waals surface area contributed by atoms with Gasteiger partial charge in [-0.1, -0.05) is 24.3 Å². The molecule has 22 heavy (non-hydrogen) atoms. The summed E-state index contributed by atoms with van der Waals surface area (Å²) < 4.78 is 24.4. The van der Waals surface area contributed by atoms with E-state index in [1.807, 2.05) is 12.1 Å². The molecule has 1 aliphatic carbocycles. The molecule has 7 heteroatoms. The normalized spacial score (nSPS) is 22.4. The maximum absolute atomic E-state index is 12.4. The summed E-state index contributed by atoms with van der Waals surface area (Å²) in [6.45, 7) is 1.61. The molecule has 0 radical (unpaired) electrons. The highest BCUT2D eigenvalue weighted by molar-refractivity contribution is 7.88. The third kappa shape index (κ3) is 3.10. The van der Waals surface area contributed by atoms with Crippen LogP contribution in [-0.4, -0.2) is 56.1 Å². The number of sulfonamides is 1. The number of piperazine rings is 1. The Labute approximate surface area is 131 Å². The highest BCUT2D eigenvalue weighted by Crippen LogP contribution is 2.30. The Morgan fingerprint density at radius 2 is 1.86 bits per heavy atom. The van der Waals surface area contributed by atoms with Gasteiger partial charge in [0.15, 0.2) is 0 Å². The number of nitrogens with zero attached hydrogens (tertiary/aromatic N) is 2. The van der Waals surface area contributed by atoms with E-state index in [0.717, 1.165) is 12.8 Å². The monoisotopic (exact) mass is 323 g/mol. The number of fused-ring (bicyclic) bond motifs is 1. The van der Waals surface area contributed by atoms with E-state index in [1.54, 1.807) is 4.90 Å². The van der Waals surface area contributed by atoms with E-state index in [2.05, 4.69) is 17.4 Å².